The number of nitrogens with one attached hydrogen (secondary N) is 1. The van der Waals surface area contributed by atoms with Crippen molar-refractivity contribution in [1.82, 2.24) is 5.32 Å². The van der Waals surface area contributed by atoms with Crippen molar-refractivity contribution in [2.75, 3.05) is 37.9 Å². The maximum Gasteiger partial charge on any atom is 0.261 e. The first kappa shape index (κ1) is 20.2. The minimum atomic E-state index is -3.31. The fraction of sp³-hybridized carbons (Fsp3) is 0.562. The lowest BCUT2D eigenvalue weighted by Gasteiger charge is -2.19. The van der Waals surface area contributed by atoms with Crippen molar-refractivity contribution >= 4 is 21.6 Å². The minimum Gasteiger partial charge on any atom is -0.481 e. The van der Waals surface area contributed by atoms with Crippen LogP contribution in [0, 0.1) is 0 Å². The van der Waals surface area contributed by atoms with Gasteiger partial charge in [-0.15, -0.1) is 0 Å². The first-order valence-corrected chi connectivity index (χ1v) is 9.61. The Kier molecular flexibility index (Phi) is 8.00. The molecule has 1 amide bonds. The van der Waals surface area contributed by atoms with E-state index in [0.29, 0.717) is 31.0 Å². The molecule has 0 unspecified atom stereocenters. The van der Waals surface area contributed by atoms with Gasteiger partial charge in [0.2, 0.25) is 10.0 Å². The summed E-state index contributed by atoms with van der Waals surface area (Å²) >= 11 is 0. The maximum absolute atomic E-state index is 12.1. The molecule has 0 aliphatic rings. The largest absolute Gasteiger partial charge is 0.481 e. The zero-order valence-corrected chi connectivity index (χ0v) is 15.4. The predicted molar refractivity (Wildman–Crippen MR) is 93.9 cm³/mol. The van der Waals surface area contributed by atoms with Gasteiger partial charge >= 0.3 is 0 Å². The Morgan fingerprint density at radius 3 is 2.42 bits per heavy atom. The van der Waals surface area contributed by atoms with Gasteiger partial charge in [-0.2, -0.15) is 0 Å². The van der Waals surface area contributed by atoms with Gasteiger partial charge in [-0.1, -0.05) is 6.92 Å². The van der Waals surface area contributed by atoms with Gasteiger partial charge in [-0.3, -0.25) is 9.10 Å². The number of carbonyl (C=O) groups excluding carboxylic acids is 1. The van der Waals surface area contributed by atoms with E-state index in [0.717, 1.165) is 12.7 Å². The smallest absolute Gasteiger partial charge is 0.261 e. The average molecular weight is 358 g/mol. The summed E-state index contributed by atoms with van der Waals surface area (Å²) in [5.41, 5.74) is 0.530. The normalized spacial score (nSPS) is 12.5. The Morgan fingerprint density at radius 1 is 1.29 bits per heavy atom. The third-order valence-corrected chi connectivity index (χ3v) is 4.67. The monoisotopic (exact) mass is 358 g/mol. The van der Waals surface area contributed by atoms with Crippen LogP contribution in [0.1, 0.15) is 19.8 Å². The van der Waals surface area contributed by atoms with E-state index in [1.165, 1.54) is 11.4 Å². The first-order chi connectivity index (χ1) is 11.3. The molecule has 0 saturated carbocycles. The Labute approximate surface area is 144 Å². The van der Waals surface area contributed by atoms with Crippen LogP contribution in [0.25, 0.3) is 0 Å². The van der Waals surface area contributed by atoms with Crippen LogP contribution >= 0.6 is 0 Å². The number of sulfonamides is 1. The summed E-state index contributed by atoms with van der Waals surface area (Å²) in [7, 11) is -0.211. The highest BCUT2D eigenvalue weighted by Crippen LogP contribution is 2.21. The minimum absolute atomic E-state index is 0.175. The second kappa shape index (κ2) is 9.48. The molecule has 24 heavy (non-hydrogen) atoms. The average Bonchev–Trinajstić information content (AvgIpc) is 2.55. The number of ether oxygens (including phenoxy) is 2. The van der Waals surface area contributed by atoms with Crippen LogP contribution in [0.15, 0.2) is 24.3 Å². The molecule has 136 valence electrons. The summed E-state index contributed by atoms with van der Waals surface area (Å²) in [6.07, 6.45) is 1.82. The van der Waals surface area contributed by atoms with E-state index >= 15 is 0 Å². The molecule has 1 rings (SSSR count). The van der Waals surface area contributed by atoms with Gasteiger partial charge in [-0.05, 0) is 37.1 Å². The van der Waals surface area contributed by atoms with E-state index in [1.807, 2.05) is 6.92 Å². The summed E-state index contributed by atoms with van der Waals surface area (Å²) in [6, 6.07) is 6.58. The molecule has 0 heterocycles. The van der Waals surface area contributed by atoms with Crippen LogP contribution in [0.3, 0.4) is 0 Å². The van der Waals surface area contributed by atoms with Crippen LogP contribution in [0.2, 0.25) is 0 Å². The lowest BCUT2D eigenvalue weighted by molar-refractivity contribution is -0.128. The number of methoxy groups -OCH3 is 1. The van der Waals surface area contributed by atoms with Crippen molar-refractivity contribution in [3.05, 3.63) is 24.3 Å². The molecule has 7 nitrogen and oxygen atoms in total. The lowest BCUT2D eigenvalue weighted by Crippen LogP contribution is -2.38. The molecule has 0 fully saturated rings. The van der Waals surface area contributed by atoms with E-state index in [4.69, 9.17) is 9.47 Å². The highest BCUT2D eigenvalue weighted by atomic mass is 32.2. The van der Waals surface area contributed by atoms with Gasteiger partial charge in [-0.25, -0.2) is 8.42 Å². The second-order valence-corrected chi connectivity index (χ2v) is 7.39. The second-order valence-electron chi connectivity index (χ2n) is 5.38. The summed E-state index contributed by atoms with van der Waals surface area (Å²) in [5.74, 6) is 0.338. The van der Waals surface area contributed by atoms with Crippen molar-refractivity contribution < 1.29 is 22.7 Å². The van der Waals surface area contributed by atoms with Gasteiger partial charge in [0.15, 0.2) is 6.10 Å². The number of carbonyl (C=O) groups is 1. The fourth-order valence-electron chi connectivity index (χ4n) is 1.95. The number of rotatable bonds is 10. The van der Waals surface area contributed by atoms with Crippen molar-refractivity contribution in [2.24, 2.45) is 0 Å². The number of nitrogens with zero attached hydrogens (tertiary/aromatic N) is 1. The fourth-order valence-corrected chi connectivity index (χ4v) is 2.46. The summed E-state index contributed by atoms with van der Waals surface area (Å²) in [6.45, 7) is 2.99. The van der Waals surface area contributed by atoms with Crippen LogP contribution in [0.5, 0.6) is 5.75 Å². The molecule has 8 heteroatoms. The first-order valence-electron chi connectivity index (χ1n) is 7.76. The molecule has 0 aliphatic carbocycles. The molecular weight excluding hydrogens is 332 g/mol. The number of hydrogen-bond donors (Lipinski definition) is 1. The third-order valence-electron chi connectivity index (χ3n) is 3.46. The summed E-state index contributed by atoms with van der Waals surface area (Å²) in [5, 5.41) is 2.81. The Morgan fingerprint density at radius 2 is 1.92 bits per heavy atom. The van der Waals surface area contributed by atoms with E-state index in [9.17, 15) is 13.2 Å². The molecule has 1 aromatic carbocycles. The van der Waals surface area contributed by atoms with Gasteiger partial charge in [0, 0.05) is 27.3 Å². The molecule has 0 saturated heterocycles. The summed E-state index contributed by atoms with van der Waals surface area (Å²) in [4.78, 5) is 12.1. The zero-order chi connectivity index (χ0) is 18.2. The van der Waals surface area contributed by atoms with Gasteiger partial charge in [0.25, 0.3) is 5.91 Å². The standard InChI is InChI=1S/C16H26N2O5S/c1-5-15(16(19)17-11-6-12-22-3)23-14-9-7-13(8-10-14)18(2)24(4,20)21/h7-10,15H,5-6,11-12H2,1-4H3,(H,17,19)/t15-/m0/s1. The van der Waals surface area contributed by atoms with Crippen molar-refractivity contribution in [3.63, 3.8) is 0 Å². The number of amides is 1. The molecule has 0 bridgehead atoms. The molecule has 1 atom stereocenters. The van der Waals surface area contributed by atoms with Crippen molar-refractivity contribution in [2.45, 2.75) is 25.9 Å². The number of benzene rings is 1. The number of hydrogen-bond acceptors (Lipinski definition) is 5. The topological polar surface area (TPSA) is 84.9 Å². The molecule has 0 spiro atoms. The molecular formula is C16H26N2O5S. The van der Waals surface area contributed by atoms with Crippen LogP contribution in [-0.4, -0.2) is 54.0 Å². The SMILES string of the molecule is CC[C@H](Oc1ccc(N(C)S(C)(=O)=O)cc1)C(=O)NCCCOC. The molecule has 1 aromatic rings. The molecule has 0 radical (unpaired) electrons. The van der Waals surface area contributed by atoms with E-state index < -0.39 is 16.1 Å². The highest BCUT2D eigenvalue weighted by molar-refractivity contribution is 7.92. The molecule has 0 aromatic heterocycles. The summed E-state index contributed by atoms with van der Waals surface area (Å²) < 4.78 is 34.8. The van der Waals surface area contributed by atoms with Crippen molar-refractivity contribution in [1.29, 1.82) is 0 Å². The Hall–Kier alpha value is -1.80. The lowest BCUT2D eigenvalue weighted by atomic mass is 10.2. The maximum atomic E-state index is 12.1. The van der Waals surface area contributed by atoms with Crippen molar-refractivity contribution in [3.8, 4) is 5.75 Å². The predicted octanol–water partition coefficient (Wildman–Crippen LogP) is 1.39. The van der Waals surface area contributed by atoms with Gasteiger partial charge < -0.3 is 14.8 Å². The third kappa shape index (κ3) is 6.37. The van der Waals surface area contributed by atoms with Crippen LogP contribution in [0.4, 0.5) is 5.69 Å². The Balaban J connectivity index is 2.64. The van der Waals surface area contributed by atoms with Gasteiger partial charge in [0.1, 0.15) is 5.75 Å². The Bertz CT molecular complexity index is 616. The van der Waals surface area contributed by atoms with E-state index in [2.05, 4.69) is 5.32 Å². The quantitative estimate of drug-likeness (QED) is 0.639. The van der Waals surface area contributed by atoms with E-state index in [-0.39, 0.29) is 5.91 Å². The van der Waals surface area contributed by atoms with Crippen LogP contribution in [-0.2, 0) is 19.6 Å². The molecule has 0 aliphatic heterocycles. The van der Waals surface area contributed by atoms with Gasteiger partial charge in [0.05, 0.1) is 11.9 Å². The molecule has 1 N–H and O–H groups in total. The zero-order valence-electron chi connectivity index (χ0n) is 14.6. The van der Waals surface area contributed by atoms with E-state index in [1.54, 1.807) is 31.4 Å². The highest BCUT2D eigenvalue weighted by Gasteiger charge is 2.18. The van der Waals surface area contributed by atoms with Crippen LogP contribution < -0.4 is 14.4 Å². The number of anilines is 1.